The van der Waals surface area contributed by atoms with Crippen molar-refractivity contribution < 1.29 is 14.5 Å². The highest BCUT2D eigenvalue weighted by Gasteiger charge is 2.18. The van der Waals surface area contributed by atoms with Crippen LogP contribution in [-0.4, -0.2) is 21.3 Å². The Morgan fingerprint density at radius 2 is 2.04 bits per heavy atom. The number of primary amides is 1. The molecule has 0 aliphatic carbocycles. The van der Waals surface area contributed by atoms with E-state index >= 15 is 0 Å². The summed E-state index contributed by atoms with van der Waals surface area (Å²) in [5.74, 6) is -1.74. The van der Waals surface area contributed by atoms with Crippen LogP contribution in [0.2, 0.25) is 5.02 Å². The number of anilines is 1. The molecule has 0 saturated heterocycles. The molecule has 2 amide bonds. The number of rotatable bonds is 5. The highest BCUT2D eigenvalue weighted by molar-refractivity contribution is 6.31. The number of nitrogens with zero attached hydrogens (tertiary/aromatic N) is 2. The molecule has 130 valence electrons. The van der Waals surface area contributed by atoms with Crippen LogP contribution < -0.4 is 16.6 Å². The monoisotopic (exact) mass is 364 g/mol. The van der Waals surface area contributed by atoms with Crippen LogP contribution in [-0.2, 0) is 11.3 Å². The number of pyridine rings is 1. The lowest BCUT2D eigenvalue weighted by atomic mass is 10.2. The highest BCUT2D eigenvalue weighted by Crippen LogP contribution is 2.20. The number of amides is 2. The zero-order valence-corrected chi connectivity index (χ0v) is 13.7. The Morgan fingerprint density at radius 3 is 2.64 bits per heavy atom. The second-order valence-corrected chi connectivity index (χ2v) is 5.61. The summed E-state index contributed by atoms with van der Waals surface area (Å²) in [5.41, 5.74) is 4.24. The molecule has 0 saturated carbocycles. The third kappa shape index (κ3) is 4.21. The Morgan fingerprint density at radius 1 is 1.36 bits per heavy atom. The summed E-state index contributed by atoms with van der Waals surface area (Å²) in [5, 5.41) is 13.9. The normalized spacial score (nSPS) is 10.3. The summed E-state index contributed by atoms with van der Waals surface area (Å²) in [7, 11) is 0. The topological polar surface area (TPSA) is 137 Å². The summed E-state index contributed by atoms with van der Waals surface area (Å²) in [4.78, 5) is 45.7. The van der Waals surface area contributed by atoms with Gasteiger partial charge in [-0.15, -0.1) is 0 Å². The van der Waals surface area contributed by atoms with Gasteiger partial charge < -0.3 is 11.1 Å². The van der Waals surface area contributed by atoms with E-state index in [4.69, 9.17) is 17.3 Å². The third-order valence-electron chi connectivity index (χ3n) is 3.34. The molecule has 0 atom stereocenters. The Balaban J connectivity index is 2.34. The van der Waals surface area contributed by atoms with E-state index in [1.165, 1.54) is 6.07 Å². The number of halogens is 1. The van der Waals surface area contributed by atoms with Crippen molar-refractivity contribution in [3.05, 3.63) is 67.1 Å². The van der Waals surface area contributed by atoms with Gasteiger partial charge in [0.1, 0.15) is 12.1 Å². The molecule has 10 heteroatoms. The van der Waals surface area contributed by atoms with Gasteiger partial charge in [-0.1, -0.05) is 17.7 Å². The molecule has 0 radical (unpaired) electrons. The predicted octanol–water partition coefficient (Wildman–Crippen LogP) is 1.46. The number of nitrogens with two attached hydrogens (primary N) is 1. The maximum absolute atomic E-state index is 12.2. The number of carbonyl (C=O) groups excluding carboxylic acids is 2. The minimum atomic E-state index is -1.12. The van der Waals surface area contributed by atoms with Crippen LogP contribution in [0, 0.1) is 17.0 Å². The molecule has 0 aliphatic rings. The van der Waals surface area contributed by atoms with Crippen molar-refractivity contribution in [2.75, 3.05) is 5.32 Å². The molecule has 1 aromatic heterocycles. The average Bonchev–Trinajstić information content (AvgIpc) is 2.52. The van der Waals surface area contributed by atoms with Crippen LogP contribution in [0.15, 0.2) is 35.3 Å². The first-order valence-corrected chi connectivity index (χ1v) is 7.31. The molecule has 0 unspecified atom stereocenters. The standard InChI is InChI=1S/C15H13ClN4O5/c1-8-2-3-9(16)4-12(8)18-13(21)7-19-6-10(20(24)25)5-11(14(17)22)15(19)23/h2-6H,7H2,1H3,(H2,17,22)(H,18,21). The van der Waals surface area contributed by atoms with Crippen molar-refractivity contribution >= 4 is 34.8 Å². The van der Waals surface area contributed by atoms with Crippen LogP contribution in [0.1, 0.15) is 15.9 Å². The van der Waals surface area contributed by atoms with Crippen LogP contribution in [0.3, 0.4) is 0 Å². The van der Waals surface area contributed by atoms with Crippen LogP contribution in [0.5, 0.6) is 0 Å². The van der Waals surface area contributed by atoms with E-state index in [0.29, 0.717) is 10.7 Å². The fourth-order valence-electron chi connectivity index (χ4n) is 2.09. The fourth-order valence-corrected chi connectivity index (χ4v) is 2.26. The molecule has 0 aliphatic heterocycles. The molecule has 2 aromatic rings. The minimum Gasteiger partial charge on any atom is -0.365 e. The number of benzene rings is 1. The SMILES string of the molecule is Cc1ccc(Cl)cc1NC(=O)Cn1cc([N+](=O)[O-])cc(C(N)=O)c1=O. The van der Waals surface area contributed by atoms with Gasteiger partial charge in [0.15, 0.2) is 0 Å². The van der Waals surface area contributed by atoms with Crippen molar-refractivity contribution in [3.63, 3.8) is 0 Å². The van der Waals surface area contributed by atoms with E-state index in [9.17, 15) is 24.5 Å². The molecule has 25 heavy (non-hydrogen) atoms. The van der Waals surface area contributed by atoms with E-state index in [-0.39, 0.29) is 0 Å². The van der Waals surface area contributed by atoms with E-state index < -0.39 is 40.1 Å². The van der Waals surface area contributed by atoms with Gasteiger partial charge in [-0.3, -0.25) is 29.1 Å². The third-order valence-corrected chi connectivity index (χ3v) is 3.57. The number of aromatic nitrogens is 1. The van der Waals surface area contributed by atoms with Crippen LogP contribution in [0.4, 0.5) is 11.4 Å². The van der Waals surface area contributed by atoms with Crippen molar-refractivity contribution in [1.29, 1.82) is 0 Å². The number of hydrogen-bond donors (Lipinski definition) is 2. The Bertz CT molecular complexity index is 938. The van der Waals surface area contributed by atoms with Crippen molar-refractivity contribution in [2.45, 2.75) is 13.5 Å². The smallest absolute Gasteiger partial charge is 0.286 e. The molecule has 0 fully saturated rings. The Kier molecular flexibility index (Phi) is 5.18. The lowest BCUT2D eigenvalue weighted by molar-refractivity contribution is -0.385. The van der Waals surface area contributed by atoms with Gasteiger partial charge in [-0.2, -0.15) is 0 Å². The number of carbonyl (C=O) groups is 2. The molecule has 1 heterocycles. The summed E-state index contributed by atoms with van der Waals surface area (Å²) in [6.07, 6.45) is 0.874. The van der Waals surface area contributed by atoms with Gasteiger partial charge in [0, 0.05) is 16.8 Å². The zero-order valence-electron chi connectivity index (χ0n) is 13.0. The molecule has 0 bridgehead atoms. The van der Waals surface area contributed by atoms with E-state index in [1.54, 1.807) is 19.1 Å². The van der Waals surface area contributed by atoms with E-state index in [0.717, 1.165) is 22.4 Å². The summed E-state index contributed by atoms with van der Waals surface area (Å²) >= 11 is 5.86. The molecular formula is C15H13ClN4O5. The maximum Gasteiger partial charge on any atom is 0.286 e. The first kappa shape index (κ1) is 18.1. The van der Waals surface area contributed by atoms with Gasteiger partial charge in [0.2, 0.25) is 5.91 Å². The molecular weight excluding hydrogens is 352 g/mol. The first-order valence-electron chi connectivity index (χ1n) is 6.93. The summed E-state index contributed by atoms with van der Waals surface area (Å²) in [6, 6.07) is 5.65. The largest absolute Gasteiger partial charge is 0.365 e. The Labute approximate surface area is 146 Å². The molecule has 1 aromatic carbocycles. The second kappa shape index (κ2) is 7.14. The van der Waals surface area contributed by atoms with Crippen LogP contribution in [0.25, 0.3) is 0 Å². The molecule has 9 nitrogen and oxygen atoms in total. The fraction of sp³-hybridized carbons (Fsp3) is 0.133. The quantitative estimate of drug-likeness (QED) is 0.611. The zero-order chi connectivity index (χ0) is 18.7. The van der Waals surface area contributed by atoms with Gasteiger partial charge in [0.25, 0.3) is 17.2 Å². The van der Waals surface area contributed by atoms with Crippen LogP contribution >= 0.6 is 11.6 Å². The van der Waals surface area contributed by atoms with E-state index in [2.05, 4.69) is 5.32 Å². The van der Waals surface area contributed by atoms with Crippen molar-refractivity contribution in [1.82, 2.24) is 4.57 Å². The average molecular weight is 365 g/mol. The lowest BCUT2D eigenvalue weighted by Gasteiger charge is -2.10. The van der Waals surface area contributed by atoms with Gasteiger partial charge in [-0.05, 0) is 24.6 Å². The molecule has 2 rings (SSSR count). The first-order chi connectivity index (χ1) is 11.7. The Hall–Kier alpha value is -3.20. The molecule has 0 spiro atoms. The maximum atomic E-state index is 12.2. The number of nitrogens with one attached hydrogen (secondary N) is 1. The minimum absolute atomic E-state index is 0.407. The van der Waals surface area contributed by atoms with Crippen molar-refractivity contribution in [2.24, 2.45) is 5.73 Å². The lowest BCUT2D eigenvalue weighted by Crippen LogP contribution is -2.33. The number of nitro groups is 1. The van der Waals surface area contributed by atoms with Crippen molar-refractivity contribution in [3.8, 4) is 0 Å². The highest BCUT2D eigenvalue weighted by atomic mass is 35.5. The van der Waals surface area contributed by atoms with Gasteiger partial charge in [0.05, 0.1) is 11.1 Å². The van der Waals surface area contributed by atoms with Gasteiger partial charge >= 0.3 is 0 Å². The predicted molar refractivity (Wildman–Crippen MR) is 90.7 cm³/mol. The van der Waals surface area contributed by atoms with Gasteiger partial charge in [-0.25, -0.2) is 0 Å². The van der Waals surface area contributed by atoms with E-state index in [1.807, 2.05) is 0 Å². The number of hydrogen-bond acceptors (Lipinski definition) is 5. The summed E-state index contributed by atoms with van der Waals surface area (Å²) < 4.78 is 0.757. The second-order valence-electron chi connectivity index (χ2n) is 5.17. The summed E-state index contributed by atoms with van der Waals surface area (Å²) in [6.45, 7) is 1.21. The number of aryl methyl sites for hydroxylation is 1. The molecule has 3 N–H and O–H groups in total.